The van der Waals surface area contributed by atoms with Crippen LogP contribution in [0.1, 0.15) is 28.9 Å². The molecule has 4 heteroatoms. The third-order valence-electron chi connectivity index (χ3n) is 2.60. The summed E-state index contributed by atoms with van der Waals surface area (Å²) in [5.41, 5.74) is 7.95. The molecule has 1 atom stereocenters. The Morgan fingerprint density at radius 2 is 2.00 bits per heavy atom. The van der Waals surface area contributed by atoms with E-state index in [1.54, 1.807) is 23.5 Å². The van der Waals surface area contributed by atoms with Crippen LogP contribution in [0.5, 0.6) is 0 Å². The predicted octanol–water partition coefficient (Wildman–Crippen LogP) is 3.02. The first-order valence-corrected chi connectivity index (χ1v) is 6.29. The summed E-state index contributed by atoms with van der Waals surface area (Å²) >= 11 is 1.68. The normalized spacial score (nSPS) is 12.1. The standard InChI is InChI=1S/C13H14N2OS/c1-9(11-6-7-17-8-11)15-12-4-2-10(3-5-12)13(14)16/h2-9,15H,1H3,(H2,14,16). The lowest BCUT2D eigenvalue weighted by molar-refractivity contribution is 0.100. The fourth-order valence-corrected chi connectivity index (χ4v) is 2.34. The van der Waals surface area contributed by atoms with Gasteiger partial charge in [0, 0.05) is 17.3 Å². The Labute approximate surface area is 104 Å². The fourth-order valence-electron chi connectivity index (χ4n) is 1.59. The van der Waals surface area contributed by atoms with E-state index in [1.165, 1.54) is 5.56 Å². The van der Waals surface area contributed by atoms with E-state index in [4.69, 9.17) is 5.73 Å². The van der Waals surface area contributed by atoms with Gasteiger partial charge < -0.3 is 11.1 Å². The van der Waals surface area contributed by atoms with Gasteiger partial charge in [0.15, 0.2) is 0 Å². The zero-order valence-corrected chi connectivity index (χ0v) is 10.3. The number of benzene rings is 1. The summed E-state index contributed by atoms with van der Waals surface area (Å²) in [5, 5.41) is 7.54. The largest absolute Gasteiger partial charge is 0.378 e. The molecule has 0 bridgehead atoms. The van der Waals surface area contributed by atoms with Crippen molar-refractivity contribution in [2.45, 2.75) is 13.0 Å². The molecule has 3 N–H and O–H groups in total. The molecule has 88 valence electrons. The Hall–Kier alpha value is -1.81. The number of thiophene rings is 1. The van der Waals surface area contributed by atoms with Crippen molar-refractivity contribution in [3.05, 3.63) is 52.2 Å². The summed E-state index contributed by atoms with van der Waals surface area (Å²) < 4.78 is 0. The summed E-state index contributed by atoms with van der Waals surface area (Å²) in [6, 6.07) is 9.53. The second kappa shape index (κ2) is 5.01. The molecule has 1 aromatic carbocycles. The molecular formula is C13H14N2OS. The van der Waals surface area contributed by atoms with Crippen LogP contribution in [0.2, 0.25) is 0 Å². The molecule has 3 nitrogen and oxygen atoms in total. The Balaban J connectivity index is 2.06. The molecule has 1 aromatic heterocycles. The van der Waals surface area contributed by atoms with E-state index in [0.29, 0.717) is 5.56 Å². The third-order valence-corrected chi connectivity index (χ3v) is 3.30. The average molecular weight is 246 g/mol. The van der Waals surface area contributed by atoms with Crippen molar-refractivity contribution in [1.82, 2.24) is 0 Å². The first kappa shape index (κ1) is 11.7. The van der Waals surface area contributed by atoms with Gasteiger partial charge in [-0.25, -0.2) is 0 Å². The van der Waals surface area contributed by atoms with Gasteiger partial charge >= 0.3 is 0 Å². The van der Waals surface area contributed by atoms with Crippen LogP contribution in [0, 0.1) is 0 Å². The van der Waals surface area contributed by atoms with Crippen LogP contribution in [0.4, 0.5) is 5.69 Å². The molecule has 0 aliphatic heterocycles. The number of hydrogen-bond donors (Lipinski definition) is 2. The highest BCUT2D eigenvalue weighted by Crippen LogP contribution is 2.21. The lowest BCUT2D eigenvalue weighted by Crippen LogP contribution is -2.11. The zero-order chi connectivity index (χ0) is 12.3. The molecule has 17 heavy (non-hydrogen) atoms. The van der Waals surface area contributed by atoms with E-state index in [9.17, 15) is 4.79 Å². The Bertz CT molecular complexity index is 491. The van der Waals surface area contributed by atoms with E-state index in [1.807, 2.05) is 12.1 Å². The Morgan fingerprint density at radius 3 is 2.53 bits per heavy atom. The first-order valence-electron chi connectivity index (χ1n) is 5.35. The minimum absolute atomic E-state index is 0.251. The average Bonchev–Trinajstić information content (AvgIpc) is 2.83. The van der Waals surface area contributed by atoms with Crippen LogP contribution < -0.4 is 11.1 Å². The van der Waals surface area contributed by atoms with Gasteiger partial charge in [0.1, 0.15) is 0 Å². The number of hydrogen-bond acceptors (Lipinski definition) is 3. The number of amides is 1. The van der Waals surface area contributed by atoms with Gasteiger partial charge in [-0.1, -0.05) is 0 Å². The second-order valence-corrected chi connectivity index (χ2v) is 4.64. The highest BCUT2D eigenvalue weighted by atomic mass is 32.1. The summed E-state index contributed by atoms with van der Waals surface area (Å²) in [6.45, 7) is 2.10. The van der Waals surface area contributed by atoms with Crippen LogP contribution in [0.15, 0.2) is 41.1 Å². The molecular weight excluding hydrogens is 232 g/mol. The number of nitrogens with one attached hydrogen (secondary N) is 1. The molecule has 0 aliphatic carbocycles. The molecule has 0 fully saturated rings. The van der Waals surface area contributed by atoms with Crippen molar-refractivity contribution in [2.24, 2.45) is 5.73 Å². The topological polar surface area (TPSA) is 55.1 Å². The van der Waals surface area contributed by atoms with Crippen LogP contribution in [0.3, 0.4) is 0 Å². The van der Waals surface area contributed by atoms with E-state index in [2.05, 4.69) is 29.1 Å². The smallest absolute Gasteiger partial charge is 0.248 e. The highest BCUT2D eigenvalue weighted by molar-refractivity contribution is 7.07. The molecule has 0 saturated heterocycles. The van der Waals surface area contributed by atoms with Gasteiger partial charge in [0.2, 0.25) is 5.91 Å². The van der Waals surface area contributed by atoms with Crippen LogP contribution in [0.25, 0.3) is 0 Å². The molecule has 0 radical (unpaired) electrons. The maximum Gasteiger partial charge on any atom is 0.248 e. The van der Waals surface area contributed by atoms with Crippen molar-refractivity contribution >= 4 is 22.9 Å². The molecule has 1 unspecified atom stereocenters. The van der Waals surface area contributed by atoms with Gasteiger partial charge in [-0.15, -0.1) is 0 Å². The number of anilines is 1. The minimum Gasteiger partial charge on any atom is -0.378 e. The highest BCUT2D eigenvalue weighted by Gasteiger charge is 2.06. The summed E-state index contributed by atoms with van der Waals surface area (Å²) in [7, 11) is 0. The SMILES string of the molecule is CC(Nc1ccc(C(N)=O)cc1)c1ccsc1. The van der Waals surface area contributed by atoms with Crippen LogP contribution in [-0.2, 0) is 0 Å². The predicted molar refractivity (Wildman–Crippen MR) is 71.3 cm³/mol. The van der Waals surface area contributed by atoms with E-state index < -0.39 is 5.91 Å². The van der Waals surface area contributed by atoms with Gasteiger partial charge in [-0.3, -0.25) is 4.79 Å². The molecule has 2 aromatic rings. The molecule has 1 amide bonds. The van der Waals surface area contributed by atoms with Gasteiger partial charge in [-0.2, -0.15) is 11.3 Å². The molecule has 0 saturated carbocycles. The van der Waals surface area contributed by atoms with E-state index in [0.717, 1.165) is 5.69 Å². The second-order valence-electron chi connectivity index (χ2n) is 3.86. The zero-order valence-electron chi connectivity index (χ0n) is 9.51. The van der Waals surface area contributed by atoms with Crippen LogP contribution >= 0.6 is 11.3 Å². The molecule has 2 rings (SSSR count). The number of carbonyl (C=O) groups excluding carboxylic acids is 1. The molecule has 1 heterocycles. The van der Waals surface area contributed by atoms with E-state index >= 15 is 0 Å². The first-order chi connectivity index (χ1) is 8.16. The number of nitrogens with two attached hydrogens (primary N) is 1. The van der Waals surface area contributed by atoms with Crippen molar-refractivity contribution in [2.75, 3.05) is 5.32 Å². The quantitative estimate of drug-likeness (QED) is 0.871. The van der Waals surface area contributed by atoms with Crippen LogP contribution in [-0.4, -0.2) is 5.91 Å². The Morgan fingerprint density at radius 1 is 1.29 bits per heavy atom. The number of primary amides is 1. The maximum absolute atomic E-state index is 10.9. The lowest BCUT2D eigenvalue weighted by Gasteiger charge is -2.14. The van der Waals surface area contributed by atoms with Gasteiger partial charge in [0.05, 0.1) is 0 Å². The van der Waals surface area contributed by atoms with Crippen molar-refractivity contribution < 1.29 is 4.79 Å². The third kappa shape index (κ3) is 2.85. The maximum atomic E-state index is 10.9. The van der Waals surface area contributed by atoms with Gasteiger partial charge in [-0.05, 0) is 53.6 Å². The van der Waals surface area contributed by atoms with Gasteiger partial charge in [0.25, 0.3) is 0 Å². The number of rotatable bonds is 4. The van der Waals surface area contributed by atoms with Crippen molar-refractivity contribution in [1.29, 1.82) is 0 Å². The minimum atomic E-state index is -0.401. The molecule has 0 spiro atoms. The summed E-state index contributed by atoms with van der Waals surface area (Å²) in [4.78, 5) is 10.9. The lowest BCUT2D eigenvalue weighted by atomic mass is 10.1. The monoisotopic (exact) mass is 246 g/mol. The Kier molecular flexibility index (Phi) is 3.44. The molecule has 0 aliphatic rings. The van der Waals surface area contributed by atoms with Crippen molar-refractivity contribution in [3.8, 4) is 0 Å². The van der Waals surface area contributed by atoms with Crippen molar-refractivity contribution in [3.63, 3.8) is 0 Å². The summed E-state index contributed by atoms with van der Waals surface area (Å²) in [5.74, 6) is -0.401. The number of carbonyl (C=O) groups is 1. The summed E-state index contributed by atoms with van der Waals surface area (Å²) in [6.07, 6.45) is 0. The van der Waals surface area contributed by atoms with E-state index in [-0.39, 0.29) is 6.04 Å². The fraction of sp³-hybridized carbons (Fsp3) is 0.154.